The van der Waals surface area contributed by atoms with Crippen molar-refractivity contribution < 1.29 is 20.1 Å². The van der Waals surface area contributed by atoms with Crippen LogP contribution in [0.3, 0.4) is 0 Å². The van der Waals surface area contributed by atoms with E-state index in [1.54, 1.807) is 0 Å². The van der Waals surface area contributed by atoms with E-state index in [9.17, 15) is 10.2 Å². The molecular weight excluding hydrogens is 160 g/mol. The number of hydrogen-bond donors (Lipinski definition) is 3. The summed E-state index contributed by atoms with van der Waals surface area (Å²) in [6.07, 6.45) is -0.991. The fourth-order valence-corrected chi connectivity index (χ4v) is 2.53. The molecule has 4 heteroatoms. The van der Waals surface area contributed by atoms with E-state index in [1.807, 2.05) is 6.92 Å². The van der Waals surface area contributed by atoms with E-state index in [0.29, 0.717) is 6.42 Å². The average Bonchev–Trinajstić information content (AvgIpc) is 2.37. The highest BCUT2D eigenvalue weighted by molar-refractivity contribution is 5.07. The first-order valence-electron chi connectivity index (χ1n) is 4.25. The highest BCUT2D eigenvalue weighted by atomic mass is 16.6. The van der Waals surface area contributed by atoms with Crippen molar-refractivity contribution in [2.75, 3.05) is 6.61 Å². The molecule has 4 nitrogen and oxygen atoms in total. The van der Waals surface area contributed by atoms with Crippen molar-refractivity contribution in [2.24, 2.45) is 11.8 Å². The molecule has 1 aliphatic carbocycles. The Kier molecular flexibility index (Phi) is 1.70. The van der Waals surface area contributed by atoms with Crippen molar-refractivity contribution >= 4 is 0 Å². The summed E-state index contributed by atoms with van der Waals surface area (Å²) in [5.41, 5.74) is -0.885. The zero-order valence-electron chi connectivity index (χ0n) is 6.97. The smallest absolute Gasteiger partial charge is 0.161 e. The van der Waals surface area contributed by atoms with Gasteiger partial charge in [-0.3, -0.25) is 0 Å². The van der Waals surface area contributed by atoms with Crippen LogP contribution in [0.5, 0.6) is 0 Å². The average molecular weight is 174 g/mol. The second-order valence-corrected chi connectivity index (χ2v) is 3.93. The lowest BCUT2D eigenvalue weighted by molar-refractivity contribution is -0.196. The van der Waals surface area contributed by atoms with Gasteiger partial charge in [0.1, 0.15) is 5.60 Å². The van der Waals surface area contributed by atoms with Crippen molar-refractivity contribution in [3.63, 3.8) is 0 Å². The third kappa shape index (κ3) is 0.808. The van der Waals surface area contributed by atoms with Crippen molar-refractivity contribution in [1.82, 2.24) is 0 Å². The zero-order chi connectivity index (χ0) is 8.93. The Bertz CT molecular complexity index is 181. The fraction of sp³-hybridized carbons (Fsp3) is 1.00. The van der Waals surface area contributed by atoms with Gasteiger partial charge in [-0.15, -0.1) is 0 Å². The van der Waals surface area contributed by atoms with Crippen LogP contribution >= 0.6 is 0 Å². The number of fused-ring (bicyclic) bond motifs is 2. The molecule has 12 heavy (non-hydrogen) atoms. The molecule has 3 N–H and O–H groups in total. The molecule has 1 heterocycles. The first kappa shape index (κ1) is 8.44. The quantitative estimate of drug-likeness (QED) is 0.481. The molecule has 70 valence electrons. The summed E-state index contributed by atoms with van der Waals surface area (Å²) in [5.74, 6) is -0.00644. The molecule has 0 spiro atoms. The summed E-state index contributed by atoms with van der Waals surface area (Å²) >= 11 is 0. The molecule has 5 atom stereocenters. The van der Waals surface area contributed by atoms with Gasteiger partial charge >= 0.3 is 0 Å². The lowest BCUT2D eigenvalue weighted by Gasteiger charge is -2.29. The Morgan fingerprint density at radius 2 is 2.17 bits per heavy atom. The van der Waals surface area contributed by atoms with Crippen LogP contribution in [0, 0.1) is 11.8 Å². The molecule has 2 aliphatic rings. The Morgan fingerprint density at radius 3 is 2.50 bits per heavy atom. The van der Waals surface area contributed by atoms with Crippen LogP contribution in [0.25, 0.3) is 0 Å². The second kappa shape index (κ2) is 2.42. The highest BCUT2D eigenvalue weighted by Gasteiger charge is 2.62. The van der Waals surface area contributed by atoms with Gasteiger partial charge in [-0.25, -0.2) is 0 Å². The van der Waals surface area contributed by atoms with E-state index < -0.39 is 18.0 Å². The number of ether oxygens (including phenoxy) is 1. The van der Waals surface area contributed by atoms with Crippen LogP contribution < -0.4 is 0 Å². The molecule has 0 aromatic heterocycles. The Morgan fingerprint density at radius 1 is 1.50 bits per heavy atom. The minimum absolute atomic E-state index is 0.216. The molecule has 2 unspecified atom stereocenters. The lowest BCUT2D eigenvalue weighted by Crippen LogP contribution is -2.41. The largest absolute Gasteiger partial charge is 0.393 e. The number of aliphatic hydroxyl groups is 3. The van der Waals surface area contributed by atoms with Gasteiger partial charge in [0, 0.05) is 5.92 Å². The maximum Gasteiger partial charge on any atom is 0.161 e. The molecular formula is C8H14O4. The van der Waals surface area contributed by atoms with Crippen molar-refractivity contribution in [3.8, 4) is 0 Å². The maximum absolute atomic E-state index is 9.68. The number of aliphatic hydroxyl groups excluding tert-OH is 3. The number of hydrogen-bond acceptors (Lipinski definition) is 4. The van der Waals surface area contributed by atoms with E-state index in [4.69, 9.17) is 9.84 Å². The first-order chi connectivity index (χ1) is 5.60. The summed E-state index contributed by atoms with van der Waals surface area (Å²) in [7, 11) is 0. The SMILES string of the molecule is CC1C[C@@]2(CO)O[C@@H](O)[C@@H]1C2O. The molecule has 2 fully saturated rings. The van der Waals surface area contributed by atoms with E-state index in [2.05, 4.69) is 0 Å². The van der Waals surface area contributed by atoms with Crippen LogP contribution in [-0.4, -0.2) is 39.9 Å². The zero-order valence-corrected chi connectivity index (χ0v) is 6.97. The van der Waals surface area contributed by atoms with E-state index in [-0.39, 0.29) is 18.4 Å². The molecule has 0 aromatic carbocycles. The highest BCUT2D eigenvalue weighted by Crippen LogP contribution is 2.50. The third-order valence-electron chi connectivity index (χ3n) is 3.18. The van der Waals surface area contributed by atoms with Crippen molar-refractivity contribution in [2.45, 2.75) is 31.3 Å². The predicted molar refractivity (Wildman–Crippen MR) is 40.2 cm³/mol. The minimum atomic E-state index is -0.907. The maximum atomic E-state index is 9.68. The summed E-state index contributed by atoms with van der Waals surface area (Å²) < 4.78 is 5.14. The Labute approximate surface area is 70.8 Å². The van der Waals surface area contributed by atoms with Crippen LogP contribution in [0.4, 0.5) is 0 Å². The third-order valence-corrected chi connectivity index (χ3v) is 3.18. The predicted octanol–water partition coefficient (Wildman–Crippen LogP) is -0.917. The summed E-state index contributed by atoms with van der Waals surface area (Å²) in [5, 5.41) is 28.1. The minimum Gasteiger partial charge on any atom is -0.393 e. The van der Waals surface area contributed by atoms with Gasteiger partial charge in [0.15, 0.2) is 6.29 Å². The molecule has 0 amide bonds. The van der Waals surface area contributed by atoms with Gasteiger partial charge < -0.3 is 20.1 Å². The Hall–Kier alpha value is -0.160. The fourth-order valence-electron chi connectivity index (χ4n) is 2.53. The molecule has 1 saturated carbocycles. The topological polar surface area (TPSA) is 69.9 Å². The van der Waals surface area contributed by atoms with Gasteiger partial charge in [-0.05, 0) is 12.3 Å². The summed E-state index contributed by atoms with van der Waals surface area (Å²) in [4.78, 5) is 0. The Balaban J connectivity index is 2.28. The number of rotatable bonds is 1. The van der Waals surface area contributed by atoms with Gasteiger partial charge in [0.25, 0.3) is 0 Å². The summed E-state index contributed by atoms with van der Waals surface area (Å²) in [6.45, 7) is 1.74. The van der Waals surface area contributed by atoms with Crippen LogP contribution in [0.15, 0.2) is 0 Å². The normalized spacial score (nSPS) is 58.0. The van der Waals surface area contributed by atoms with Crippen LogP contribution in [-0.2, 0) is 4.74 Å². The van der Waals surface area contributed by atoms with Gasteiger partial charge in [-0.2, -0.15) is 0 Å². The summed E-state index contributed by atoms with van der Waals surface area (Å²) in [6, 6.07) is 0. The molecule has 1 saturated heterocycles. The van der Waals surface area contributed by atoms with Gasteiger partial charge in [-0.1, -0.05) is 6.92 Å². The van der Waals surface area contributed by atoms with Crippen LogP contribution in [0.1, 0.15) is 13.3 Å². The molecule has 2 rings (SSSR count). The van der Waals surface area contributed by atoms with Crippen molar-refractivity contribution in [1.29, 1.82) is 0 Å². The van der Waals surface area contributed by atoms with E-state index >= 15 is 0 Å². The standard InChI is InChI=1S/C8H14O4/c1-4-2-8(3-9)6(10)5(4)7(11)12-8/h4-7,9-11H,2-3H2,1H3/t4?,5-,6?,7+,8-/m0/s1. The molecule has 2 bridgehead atoms. The van der Waals surface area contributed by atoms with Crippen molar-refractivity contribution in [3.05, 3.63) is 0 Å². The van der Waals surface area contributed by atoms with E-state index in [0.717, 1.165) is 0 Å². The van der Waals surface area contributed by atoms with Gasteiger partial charge in [0.2, 0.25) is 0 Å². The molecule has 0 aromatic rings. The lowest BCUT2D eigenvalue weighted by atomic mass is 9.96. The molecule has 1 aliphatic heterocycles. The van der Waals surface area contributed by atoms with E-state index in [1.165, 1.54) is 0 Å². The van der Waals surface area contributed by atoms with Crippen LogP contribution in [0.2, 0.25) is 0 Å². The van der Waals surface area contributed by atoms with Gasteiger partial charge in [0.05, 0.1) is 12.7 Å². The molecule has 0 radical (unpaired) electrons. The second-order valence-electron chi connectivity index (χ2n) is 3.93. The first-order valence-corrected chi connectivity index (χ1v) is 4.25. The monoisotopic (exact) mass is 174 g/mol.